The number of allylic oxidation sites excluding steroid dienone is 18. The van der Waals surface area contributed by atoms with Gasteiger partial charge in [-0.2, -0.15) is 0 Å². The van der Waals surface area contributed by atoms with Gasteiger partial charge in [-0.15, -0.1) is 0 Å². The molecule has 0 aliphatic rings. The van der Waals surface area contributed by atoms with E-state index in [0.717, 1.165) is 128 Å². The third-order valence-electron chi connectivity index (χ3n) is 14.5. The summed E-state index contributed by atoms with van der Waals surface area (Å²) in [6.07, 6.45) is 92.6. The van der Waals surface area contributed by atoms with Gasteiger partial charge in [0.15, 0.2) is 6.10 Å². The molecular weight excluding hydrogens is 985 g/mol. The average Bonchev–Trinajstić information content (AvgIpc) is 3.46. The molecule has 0 fully saturated rings. The normalized spacial score (nSPS) is 12.8. The van der Waals surface area contributed by atoms with Gasteiger partial charge in [0.2, 0.25) is 0 Å². The molecule has 6 nitrogen and oxygen atoms in total. The summed E-state index contributed by atoms with van der Waals surface area (Å²) in [5, 5.41) is 0. The highest BCUT2D eigenvalue weighted by Gasteiger charge is 2.19. The molecule has 0 aromatic rings. The minimum absolute atomic E-state index is 0.0840. The Balaban J connectivity index is 4.18. The zero-order valence-corrected chi connectivity index (χ0v) is 52.6. The fraction of sp³-hybridized carbons (Fsp3) is 0.716. The molecule has 6 heteroatoms. The van der Waals surface area contributed by atoms with Crippen LogP contribution in [0.3, 0.4) is 0 Å². The highest BCUT2D eigenvalue weighted by molar-refractivity contribution is 5.71. The Morgan fingerprint density at radius 2 is 0.487 bits per heavy atom. The Morgan fingerprint density at radius 1 is 0.263 bits per heavy atom. The summed E-state index contributed by atoms with van der Waals surface area (Å²) >= 11 is 0. The van der Waals surface area contributed by atoms with Crippen molar-refractivity contribution in [2.24, 2.45) is 0 Å². The van der Waals surface area contributed by atoms with Crippen LogP contribution in [0.5, 0.6) is 0 Å². The van der Waals surface area contributed by atoms with E-state index in [-0.39, 0.29) is 31.1 Å². The van der Waals surface area contributed by atoms with E-state index in [0.29, 0.717) is 19.3 Å². The van der Waals surface area contributed by atoms with Gasteiger partial charge in [-0.3, -0.25) is 14.4 Å². The molecule has 0 radical (unpaired) electrons. The lowest BCUT2D eigenvalue weighted by atomic mass is 10.0. The number of esters is 3. The maximum Gasteiger partial charge on any atom is 0.306 e. The molecule has 0 bridgehead atoms. The minimum atomic E-state index is -0.789. The van der Waals surface area contributed by atoms with Crippen molar-refractivity contribution in [3.05, 3.63) is 109 Å². The molecule has 0 aliphatic heterocycles. The standard InChI is InChI=1S/C74H126O6/c1-4-7-10-13-16-19-22-25-27-29-30-31-32-33-34-35-36-37-38-39-40-41-42-43-44-46-47-49-52-55-58-61-64-67-73(76)79-70-71(69-78-72(75)66-63-60-57-54-51-24-21-18-15-12-9-6-3)80-74(77)68-65-62-59-56-53-50-48-45-28-26-23-20-17-14-11-8-5-2/h7-8,10-11,16-17,19-20,25-28,30-31,33-34,48,50,71H,4-6,9,12-15,18,21-24,29,32,35-47,49,51-70H2,1-3H3/b10-7-,11-8-,19-16-,20-17-,27-25-,28-26-,31-30-,34-33-,50-48-. The van der Waals surface area contributed by atoms with E-state index in [1.807, 2.05) is 0 Å². The molecule has 458 valence electrons. The summed E-state index contributed by atoms with van der Waals surface area (Å²) in [7, 11) is 0. The molecule has 0 rings (SSSR count). The van der Waals surface area contributed by atoms with Crippen molar-refractivity contribution < 1.29 is 28.6 Å². The van der Waals surface area contributed by atoms with Gasteiger partial charge in [-0.1, -0.05) is 310 Å². The lowest BCUT2D eigenvalue weighted by molar-refractivity contribution is -0.167. The zero-order valence-electron chi connectivity index (χ0n) is 52.6. The van der Waals surface area contributed by atoms with Gasteiger partial charge < -0.3 is 14.2 Å². The third kappa shape index (κ3) is 64.9. The Bertz CT molecular complexity index is 1610. The van der Waals surface area contributed by atoms with Crippen LogP contribution in [0.4, 0.5) is 0 Å². The second kappa shape index (κ2) is 67.6. The largest absolute Gasteiger partial charge is 0.462 e. The number of hydrogen-bond acceptors (Lipinski definition) is 6. The number of carbonyl (C=O) groups is 3. The SMILES string of the molecule is CC/C=C\C/C=C\C/C=C\C/C=C\C/C=C\CCCCCCCCCCCCCCCCCCCC(=O)OCC(COC(=O)CCCCCCCCCCCCCC)OC(=O)CCCCCC/C=C\C/C=C\C/C=C\C/C=C\CC. The summed E-state index contributed by atoms with van der Waals surface area (Å²) < 4.78 is 16.9. The van der Waals surface area contributed by atoms with E-state index in [4.69, 9.17) is 14.2 Å². The molecule has 0 aliphatic carbocycles. The Kier molecular flexibility index (Phi) is 64.3. The second-order valence-corrected chi connectivity index (χ2v) is 22.3. The van der Waals surface area contributed by atoms with Gasteiger partial charge in [0.05, 0.1) is 0 Å². The molecule has 0 saturated carbocycles. The molecule has 0 heterocycles. The number of unbranched alkanes of at least 4 members (excludes halogenated alkanes) is 32. The molecule has 0 amide bonds. The van der Waals surface area contributed by atoms with Crippen LogP contribution in [0, 0.1) is 0 Å². The first kappa shape index (κ1) is 76.1. The van der Waals surface area contributed by atoms with Crippen LogP contribution in [-0.4, -0.2) is 37.2 Å². The monoisotopic (exact) mass is 1110 g/mol. The molecular formula is C74H126O6. The van der Waals surface area contributed by atoms with Crippen molar-refractivity contribution >= 4 is 17.9 Å². The molecule has 0 N–H and O–H groups in total. The zero-order chi connectivity index (χ0) is 57.8. The summed E-state index contributed by atoms with van der Waals surface area (Å²) in [6.45, 7) is 6.42. The van der Waals surface area contributed by atoms with Gasteiger partial charge >= 0.3 is 17.9 Å². The second-order valence-electron chi connectivity index (χ2n) is 22.3. The van der Waals surface area contributed by atoms with E-state index in [1.165, 1.54) is 154 Å². The maximum absolute atomic E-state index is 12.9. The maximum atomic E-state index is 12.9. The van der Waals surface area contributed by atoms with E-state index < -0.39 is 6.10 Å². The van der Waals surface area contributed by atoms with Crippen LogP contribution in [0.2, 0.25) is 0 Å². The smallest absolute Gasteiger partial charge is 0.306 e. The summed E-state index contributed by atoms with van der Waals surface area (Å²) in [4.78, 5) is 38.3. The number of ether oxygens (including phenoxy) is 3. The van der Waals surface area contributed by atoms with Crippen molar-refractivity contribution in [1.82, 2.24) is 0 Å². The molecule has 0 spiro atoms. The molecule has 80 heavy (non-hydrogen) atoms. The van der Waals surface area contributed by atoms with Gasteiger partial charge in [-0.05, 0) is 103 Å². The van der Waals surface area contributed by atoms with Gasteiger partial charge in [-0.25, -0.2) is 0 Å². The van der Waals surface area contributed by atoms with Crippen LogP contribution in [-0.2, 0) is 28.6 Å². The fourth-order valence-electron chi connectivity index (χ4n) is 9.52. The summed E-state index contributed by atoms with van der Waals surface area (Å²) in [6, 6.07) is 0. The van der Waals surface area contributed by atoms with Gasteiger partial charge in [0.25, 0.3) is 0 Å². The van der Waals surface area contributed by atoms with Crippen molar-refractivity contribution in [3.8, 4) is 0 Å². The Labute approximate surface area is 495 Å². The number of carbonyl (C=O) groups excluding carboxylic acids is 3. The molecule has 0 aromatic carbocycles. The van der Waals surface area contributed by atoms with Crippen molar-refractivity contribution in [2.75, 3.05) is 13.2 Å². The highest BCUT2D eigenvalue weighted by atomic mass is 16.6. The minimum Gasteiger partial charge on any atom is -0.462 e. The third-order valence-corrected chi connectivity index (χ3v) is 14.5. The average molecular weight is 1110 g/mol. The lowest BCUT2D eigenvalue weighted by Crippen LogP contribution is -2.30. The number of hydrogen-bond donors (Lipinski definition) is 0. The summed E-state index contributed by atoms with van der Waals surface area (Å²) in [5.74, 6) is -0.896. The van der Waals surface area contributed by atoms with Crippen molar-refractivity contribution in [1.29, 1.82) is 0 Å². The van der Waals surface area contributed by atoms with Crippen molar-refractivity contribution in [2.45, 2.75) is 329 Å². The topological polar surface area (TPSA) is 78.9 Å². The van der Waals surface area contributed by atoms with Crippen LogP contribution in [0.1, 0.15) is 323 Å². The highest BCUT2D eigenvalue weighted by Crippen LogP contribution is 2.17. The first-order valence-electron chi connectivity index (χ1n) is 33.9. The van der Waals surface area contributed by atoms with Crippen LogP contribution in [0.25, 0.3) is 0 Å². The van der Waals surface area contributed by atoms with E-state index in [1.54, 1.807) is 0 Å². The molecule has 0 aromatic heterocycles. The molecule has 0 saturated heterocycles. The van der Waals surface area contributed by atoms with E-state index in [9.17, 15) is 14.4 Å². The molecule has 1 atom stereocenters. The first-order chi connectivity index (χ1) is 39.5. The van der Waals surface area contributed by atoms with Crippen LogP contribution in [0.15, 0.2) is 109 Å². The quantitative estimate of drug-likeness (QED) is 0.0261. The predicted molar refractivity (Wildman–Crippen MR) is 348 cm³/mol. The van der Waals surface area contributed by atoms with Gasteiger partial charge in [0, 0.05) is 19.3 Å². The van der Waals surface area contributed by atoms with Crippen LogP contribution >= 0.6 is 0 Å². The lowest BCUT2D eigenvalue weighted by Gasteiger charge is -2.18. The van der Waals surface area contributed by atoms with E-state index in [2.05, 4.69) is 130 Å². The van der Waals surface area contributed by atoms with Crippen LogP contribution < -0.4 is 0 Å². The fourth-order valence-corrected chi connectivity index (χ4v) is 9.52. The Hall–Kier alpha value is -3.93. The van der Waals surface area contributed by atoms with E-state index >= 15 is 0 Å². The first-order valence-corrected chi connectivity index (χ1v) is 33.9. The van der Waals surface area contributed by atoms with Gasteiger partial charge in [0.1, 0.15) is 13.2 Å². The predicted octanol–water partition coefficient (Wildman–Crippen LogP) is 23.4. The molecule has 1 unspecified atom stereocenters. The number of rotatable bonds is 61. The Morgan fingerprint density at radius 3 is 0.762 bits per heavy atom. The van der Waals surface area contributed by atoms with Crippen molar-refractivity contribution in [3.63, 3.8) is 0 Å². The summed E-state index contributed by atoms with van der Waals surface area (Å²) in [5.41, 5.74) is 0.